The molecule has 2 amide bonds. The Hall–Kier alpha value is -2.61. The minimum Gasteiger partial charge on any atom is -0.492 e. The van der Waals surface area contributed by atoms with E-state index in [-0.39, 0.29) is 11.8 Å². The van der Waals surface area contributed by atoms with Crippen molar-refractivity contribution in [3.63, 3.8) is 0 Å². The molecule has 0 atom stereocenters. The summed E-state index contributed by atoms with van der Waals surface area (Å²) in [4.78, 5) is 29.9. The second-order valence-corrected chi connectivity index (χ2v) is 7.08. The van der Waals surface area contributed by atoms with Crippen molar-refractivity contribution in [3.05, 3.63) is 41.4 Å². The number of carbonyl (C=O) groups excluding carboxylic acids is 2. The number of likely N-dealkylation sites (tertiary alicyclic amines) is 1. The SMILES string of the molecule is O=C(NCCOc1ccccc1)c1csc(NCCCN2CCCC2=O)n1. The Morgan fingerprint density at radius 2 is 2.11 bits per heavy atom. The first-order valence-electron chi connectivity index (χ1n) is 9.15. The number of ether oxygens (including phenoxy) is 1. The second kappa shape index (κ2) is 9.91. The van der Waals surface area contributed by atoms with Crippen LogP contribution < -0.4 is 15.4 Å². The summed E-state index contributed by atoms with van der Waals surface area (Å²) in [6.45, 7) is 3.18. The number of para-hydroxylation sites is 1. The molecule has 0 radical (unpaired) electrons. The Labute approximate surface area is 162 Å². The number of anilines is 1. The van der Waals surface area contributed by atoms with Gasteiger partial charge in [-0.15, -0.1) is 11.3 Å². The predicted molar refractivity (Wildman–Crippen MR) is 105 cm³/mol. The Balaban J connectivity index is 1.31. The van der Waals surface area contributed by atoms with Crippen molar-refractivity contribution in [3.8, 4) is 5.75 Å². The van der Waals surface area contributed by atoms with Gasteiger partial charge in [0.1, 0.15) is 18.1 Å². The molecule has 1 aliphatic heterocycles. The standard InChI is InChI=1S/C19H24N4O3S/c24-17-8-4-11-23(17)12-5-9-21-19-22-16(14-27-19)18(25)20-10-13-26-15-6-2-1-3-7-15/h1-3,6-7,14H,4-5,8-13H2,(H,20,25)(H,21,22). The second-order valence-electron chi connectivity index (χ2n) is 6.22. The molecule has 2 heterocycles. The quantitative estimate of drug-likeness (QED) is 0.611. The first-order chi connectivity index (χ1) is 13.2. The molecule has 1 fully saturated rings. The van der Waals surface area contributed by atoms with Crippen LogP contribution in [0.2, 0.25) is 0 Å². The van der Waals surface area contributed by atoms with Gasteiger partial charge < -0.3 is 20.3 Å². The van der Waals surface area contributed by atoms with Crippen molar-refractivity contribution in [2.45, 2.75) is 19.3 Å². The maximum absolute atomic E-state index is 12.1. The molecule has 1 saturated heterocycles. The van der Waals surface area contributed by atoms with Gasteiger partial charge in [-0.1, -0.05) is 18.2 Å². The molecule has 1 aromatic carbocycles. The molecule has 0 unspecified atom stereocenters. The number of thiazole rings is 1. The third-order valence-electron chi connectivity index (χ3n) is 4.19. The Morgan fingerprint density at radius 1 is 1.26 bits per heavy atom. The highest BCUT2D eigenvalue weighted by Crippen LogP contribution is 2.16. The molecule has 1 aromatic heterocycles. The number of nitrogens with zero attached hydrogens (tertiary/aromatic N) is 2. The van der Waals surface area contributed by atoms with Gasteiger partial charge in [0.2, 0.25) is 5.91 Å². The molecule has 0 spiro atoms. The molecular formula is C19H24N4O3S. The molecule has 144 valence electrons. The third kappa shape index (κ3) is 5.96. The van der Waals surface area contributed by atoms with Crippen molar-refractivity contribution in [2.75, 3.05) is 38.1 Å². The lowest BCUT2D eigenvalue weighted by Gasteiger charge is -2.14. The summed E-state index contributed by atoms with van der Waals surface area (Å²) >= 11 is 1.40. The van der Waals surface area contributed by atoms with Crippen LogP contribution in [0.4, 0.5) is 5.13 Å². The van der Waals surface area contributed by atoms with Crippen LogP contribution in [0.3, 0.4) is 0 Å². The van der Waals surface area contributed by atoms with Crippen LogP contribution >= 0.6 is 11.3 Å². The Kier molecular flexibility index (Phi) is 7.04. The van der Waals surface area contributed by atoms with Gasteiger partial charge in [0.25, 0.3) is 5.91 Å². The van der Waals surface area contributed by atoms with Crippen LogP contribution in [0.25, 0.3) is 0 Å². The van der Waals surface area contributed by atoms with Crippen LogP contribution in [0.15, 0.2) is 35.7 Å². The zero-order valence-electron chi connectivity index (χ0n) is 15.1. The molecule has 8 heteroatoms. The normalized spacial score (nSPS) is 13.6. The number of rotatable bonds is 10. The number of hydrogen-bond donors (Lipinski definition) is 2. The van der Waals surface area contributed by atoms with Crippen molar-refractivity contribution >= 4 is 28.3 Å². The number of hydrogen-bond acceptors (Lipinski definition) is 6. The molecule has 0 aliphatic carbocycles. The average molecular weight is 388 g/mol. The number of nitrogens with one attached hydrogen (secondary N) is 2. The van der Waals surface area contributed by atoms with E-state index in [4.69, 9.17) is 4.74 Å². The van der Waals surface area contributed by atoms with E-state index < -0.39 is 0 Å². The molecule has 27 heavy (non-hydrogen) atoms. The average Bonchev–Trinajstić information content (AvgIpc) is 3.32. The van der Waals surface area contributed by atoms with Crippen LogP contribution in [0, 0.1) is 0 Å². The fourth-order valence-electron chi connectivity index (χ4n) is 2.81. The van der Waals surface area contributed by atoms with Gasteiger partial charge >= 0.3 is 0 Å². The number of benzene rings is 1. The summed E-state index contributed by atoms with van der Waals surface area (Å²) in [5, 5.41) is 8.46. The minimum absolute atomic E-state index is 0.210. The summed E-state index contributed by atoms with van der Waals surface area (Å²) in [5.74, 6) is 0.820. The lowest BCUT2D eigenvalue weighted by molar-refractivity contribution is -0.127. The van der Waals surface area contributed by atoms with Gasteiger partial charge in [0.15, 0.2) is 5.13 Å². The molecule has 2 aromatic rings. The van der Waals surface area contributed by atoms with Gasteiger partial charge in [-0.3, -0.25) is 9.59 Å². The summed E-state index contributed by atoms with van der Waals surface area (Å²) < 4.78 is 5.54. The topological polar surface area (TPSA) is 83.6 Å². The largest absolute Gasteiger partial charge is 0.492 e. The van der Waals surface area contributed by atoms with E-state index in [9.17, 15) is 9.59 Å². The summed E-state index contributed by atoms with van der Waals surface area (Å²) in [6.07, 6.45) is 2.51. The highest BCUT2D eigenvalue weighted by molar-refractivity contribution is 7.13. The first-order valence-corrected chi connectivity index (χ1v) is 10.0. The van der Waals surface area contributed by atoms with Crippen molar-refractivity contribution in [1.82, 2.24) is 15.2 Å². The molecule has 3 rings (SSSR count). The van der Waals surface area contributed by atoms with E-state index in [1.165, 1.54) is 11.3 Å². The van der Waals surface area contributed by atoms with Crippen LogP contribution in [-0.2, 0) is 4.79 Å². The molecule has 0 saturated carbocycles. The zero-order valence-corrected chi connectivity index (χ0v) is 16.0. The molecule has 0 bridgehead atoms. The number of carbonyl (C=O) groups is 2. The molecule has 7 nitrogen and oxygen atoms in total. The lowest BCUT2D eigenvalue weighted by Crippen LogP contribution is -2.28. The van der Waals surface area contributed by atoms with Crippen molar-refractivity contribution in [2.24, 2.45) is 0 Å². The minimum atomic E-state index is -0.210. The maximum Gasteiger partial charge on any atom is 0.270 e. The summed E-state index contributed by atoms with van der Waals surface area (Å²) in [5.41, 5.74) is 0.400. The molecule has 2 N–H and O–H groups in total. The van der Waals surface area contributed by atoms with E-state index >= 15 is 0 Å². The van der Waals surface area contributed by atoms with E-state index in [1.54, 1.807) is 5.38 Å². The van der Waals surface area contributed by atoms with E-state index in [0.29, 0.717) is 30.4 Å². The predicted octanol–water partition coefficient (Wildman–Crippen LogP) is 2.38. The summed E-state index contributed by atoms with van der Waals surface area (Å²) in [6, 6.07) is 9.48. The highest BCUT2D eigenvalue weighted by atomic mass is 32.1. The highest BCUT2D eigenvalue weighted by Gasteiger charge is 2.19. The zero-order chi connectivity index (χ0) is 18.9. The van der Waals surface area contributed by atoms with Gasteiger partial charge in [0, 0.05) is 31.4 Å². The van der Waals surface area contributed by atoms with Crippen LogP contribution in [0.5, 0.6) is 5.75 Å². The van der Waals surface area contributed by atoms with Crippen LogP contribution in [0.1, 0.15) is 29.8 Å². The number of amides is 2. The third-order valence-corrected chi connectivity index (χ3v) is 4.99. The molecule has 1 aliphatic rings. The lowest BCUT2D eigenvalue weighted by atomic mass is 10.3. The number of aromatic nitrogens is 1. The van der Waals surface area contributed by atoms with E-state index in [0.717, 1.165) is 38.2 Å². The maximum atomic E-state index is 12.1. The van der Waals surface area contributed by atoms with Gasteiger partial charge in [-0.2, -0.15) is 0 Å². The van der Waals surface area contributed by atoms with Crippen LogP contribution in [-0.4, -0.2) is 54.5 Å². The molecular weight excluding hydrogens is 364 g/mol. The van der Waals surface area contributed by atoms with Gasteiger partial charge in [-0.25, -0.2) is 4.98 Å². The van der Waals surface area contributed by atoms with Crippen molar-refractivity contribution < 1.29 is 14.3 Å². The van der Waals surface area contributed by atoms with Crippen molar-refractivity contribution in [1.29, 1.82) is 0 Å². The smallest absolute Gasteiger partial charge is 0.270 e. The fourth-order valence-corrected chi connectivity index (χ4v) is 3.53. The van der Waals surface area contributed by atoms with Gasteiger partial charge in [0.05, 0.1) is 6.54 Å². The van der Waals surface area contributed by atoms with E-state index in [1.807, 2.05) is 35.2 Å². The fraction of sp³-hybridized carbons (Fsp3) is 0.421. The summed E-state index contributed by atoms with van der Waals surface area (Å²) in [7, 11) is 0. The van der Waals surface area contributed by atoms with E-state index in [2.05, 4.69) is 15.6 Å². The first kappa shape index (κ1) is 19.2. The van der Waals surface area contributed by atoms with Gasteiger partial charge in [-0.05, 0) is 25.0 Å². The Bertz CT molecular complexity index is 750. The monoisotopic (exact) mass is 388 g/mol. The Morgan fingerprint density at radius 3 is 2.89 bits per heavy atom.